The molecule has 1 aromatic heterocycles. The van der Waals surface area contributed by atoms with Crippen molar-refractivity contribution in [2.75, 3.05) is 11.4 Å². The van der Waals surface area contributed by atoms with Gasteiger partial charge in [-0.25, -0.2) is 4.98 Å². The first-order valence-electron chi connectivity index (χ1n) is 5.87. The van der Waals surface area contributed by atoms with Crippen molar-refractivity contribution >= 4 is 34.6 Å². The summed E-state index contributed by atoms with van der Waals surface area (Å²) in [7, 11) is 0. The molecule has 1 aliphatic heterocycles. The number of nitrogens with zero attached hydrogens (tertiary/aromatic N) is 3. The van der Waals surface area contributed by atoms with E-state index in [2.05, 4.69) is 16.9 Å². The monoisotopic (exact) mass is 292 g/mol. The molecule has 2 heterocycles. The number of thiazole rings is 1. The van der Waals surface area contributed by atoms with E-state index in [1.807, 2.05) is 34.5 Å². The van der Waals surface area contributed by atoms with Gasteiger partial charge in [0.05, 0.1) is 17.3 Å². The van der Waals surface area contributed by atoms with Gasteiger partial charge in [0.1, 0.15) is 10.5 Å². The van der Waals surface area contributed by atoms with Crippen molar-refractivity contribution in [1.82, 2.24) is 4.98 Å². The van der Waals surface area contributed by atoms with Crippen LogP contribution in [0.25, 0.3) is 0 Å². The lowest BCUT2D eigenvalue weighted by atomic mass is 10.0. The highest BCUT2D eigenvalue weighted by Gasteiger charge is 2.43. The molecular formula is C13H13ClN4S. The van der Waals surface area contributed by atoms with Crippen LogP contribution in [0.3, 0.4) is 0 Å². The number of anilines is 1. The molecule has 2 N–H and O–H groups in total. The van der Waals surface area contributed by atoms with Crippen molar-refractivity contribution in [2.45, 2.75) is 12.5 Å². The first-order chi connectivity index (χ1) is 9.13. The van der Waals surface area contributed by atoms with Crippen LogP contribution < -0.4 is 10.6 Å². The molecule has 2 aromatic rings. The van der Waals surface area contributed by atoms with E-state index in [-0.39, 0.29) is 5.54 Å². The fraction of sp³-hybridized carbons (Fsp3) is 0.231. The van der Waals surface area contributed by atoms with Crippen molar-refractivity contribution in [3.8, 4) is 0 Å². The van der Waals surface area contributed by atoms with Crippen molar-refractivity contribution in [3.63, 3.8) is 0 Å². The maximum absolute atomic E-state index is 6.29. The molecule has 0 fully saturated rings. The number of hydrogen-bond donors (Lipinski definition) is 1. The third-order valence-electron chi connectivity index (χ3n) is 3.26. The van der Waals surface area contributed by atoms with E-state index in [0.29, 0.717) is 17.5 Å². The molecule has 1 aromatic carbocycles. The van der Waals surface area contributed by atoms with Gasteiger partial charge in [-0.05, 0) is 19.1 Å². The van der Waals surface area contributed by atoms with Gasteiger partial charge >= 0.3 is 0 Å². The second kappa shape index (κ2) is 4.51. The zero-order chi connectivity index (χ0) is 13.5. The lowest BCUT2D eigenvalue weighted by Gasteiger charge is -2.34. The highest BCUT2D eigenvalue weighted by Crippen LogP contribution is 2.40. The third kappa shape index (κ3) is 1.89. The van der Waals surface area contributed by atoms with Crippen LogP contribution in [0.2, 0.25) is 5.02 Å². The Bertz CT molecular complexity index is 625. The van der Waals surface area contributed by atoms with Gasteiger partial charge < -0.3 is 5.73 Å². The molecule has 3 rings (SSSR count). The Hall–Kier alpha value is -1.59. The van der Waals surface area contributed by atoms with Gasteiger partial charge in [0, 0.05) is 11.6 Å². The van der Waals surface area contributed by atoms with E-state index in [0.717, 1.165) is 10.7 Å². The summed E-state index contributed by atoms with van der Waals surface area (Å²) in [6.07, 6.45) is 1.80. The second-order valence-electron chi connectivity index (χ2n) is 4.57. The molecule has 1 aliphatic rings. The van der Waals surface area contributed by atoms with Crippen molar-refractivity contribution in [3.05, 3.63) is 45.9 Å². The SMILES string of the molecule is CC1(c2nccs2)CN=C(N)N1c1ccccc1Cl. The molecule has 0 aliphatic carbocycles. The Morgan fingerprint density at radius 1 is 1.42 bits per heavy atom. The summed E-state index contributed by atoms with van der Waals surface area (Å²) in [6.45, 7) is 2.66. The number of halogens is 1. The Morgan fingerprint density at radius 2 is 2.21 bits per heavy atom. The molecule has 6 heteroatoms. The van der Waals surface area contributed by atoms with Crippen LogP contribution in [0.1, 0.15) is 11.9 Å². The molecule has 0 saturated carbocycles. The molecule has 1 atom stereocenters. The molecule has 0 saturated heterocycles. The van der Waals surface area contributed by atoms with Crippen LogP contribution in [-0.2, 0) is 5.54 Å². The molecule has 0 bridgehead atoms. The van der Waals surface area contributed by atoms with Crippen molar-refractivity contribution in [2.24, 2.45) is 10.7 Å². The molecule has 98 valence electrons. The van der Waals surface area contributed by atoms with Gasteiger partial charge in [0.15, 0.2) is 5.96 Å². The maximum atomic E-state index is 6.29. The largest absolute Gasteiger partial charge is 0.369 e. The summed E-state index contributed by atoms with van der Waals surface area (Å²) in [5.41, 5.74) is 6.55. The molecule has 19 heavy (non-hydrogen) atoms. The fourth-order valence-corrected chi connectivity index (χ4v) is 3.31. The topological polar surface area (TPSA) is 54.5 Å². The summed E-state index contributed by atoms with van der Waals surface area (Å²) in [5.74, 6) is 0.478. The first-order valence-corrected chi connectivity index (χ1v) is 7.13. The second-order valence-corrected chi connectivity index (χ2v) is 5.87. The van der Waals surface area contributed by atoms with Gasteiger partial charge in [-0.15, -0.1) is 11.3 Å². The lowest BCUT2D eigenvalue weighted by Crippen LogP contribution is -2.47. The van der Waals surface area contributed by atoms with E-state index in [1.165, 1.54) is 0 Å². The van der Waals surface area contributed by atoms with E-state index < -0.39 is 0 Å². The number of aliphatic imine (C=N–C) groups is 1. The number of nitrogens with two attached hydrogens (primary N) is 1. The molecule has 0 spiro atoms. The number of guanidine groups is 1. The van der Waals surface area contributed by atoms with Crippen LogP contribution in [0, 0.1) is 0 Å². The number of rotatable bonds is 2. The van der Waals surface area contributed by atoms with Crippen LogP contribution in [0.4, 0.5) is 5.69 Å². The summed E-state index contributed by atoms with van der Waals surface area (Å²) in [6, 6.07) is 7.64. The van der Waals surface area contributed by atoms with Crippen LogP contribution >= 0.6 is 22.9 Å². The molecular weight excluding hydrogens is 280 g/mol. The van der Waals surface area contributed by atoms with Crippen LogP contribution in [-0.4, -0.2) is 17.5 Å². The van der Waals surface area contributed by atoms with Gasteiger partial charge in [-0.2, -0.15) is 0 Å². The quantitative estimate of drug-likeness (QED) is 0.926. The number of para-hydroxylation sites is 1. The van der Waals surface area contributed by atoms with Gasteiger partial charge in [-0.1, -0.05) is 23.7 Å². The Labute approximate surface area is 120 Å². The minimum Gasteiger partial charge on any atom is -0.369 e. The van der Waals surface area contributed by atoms with Gasteiger partial charge in [0.25, 0.3) is 0 Å². The van der Waals surface area contributed by atoms with E-state index in [4.69, 9.17) is 17.3 Å². The fourth-order valence-electron chi connectivity index (χ4n) is 2.30. The number of hydrogen-bond acceptors (Lipinski definition) is 5. The standard InChI is InChI=1S/C13H13ClN4S/c1-13(11-16-6-7-19-11)8-17-12(15)18(13)10-5-3-2-4-9(10)14/h2-7H,8H2,1H3,(H2,15,17). The van der Waals surface area contributed by atoms with E-state index in [1.54, 1.807) is 17.5 Å². The minimum atomic E-state index is -0.372. The predicted molar refractivity (Wildman–Crippen MR) is 79.9 cm³/mol. The smallest absolute Gasteiger partial charge is 0.196 e. The molecule has 0 amide bonds. The zero-order valence-corrected chi connectivity index (χ0v) is 11.9. The average molecular weight is 293 g/mol. The third-order valence-corrected chi connectivity index (χ3v) is 4.60. The van der Waals surface area contributed by atoms with E-state index >= 15 is 0 Å². The Kier molecular flexibility index (Phi) is 2.95. The van der Waals surface area contributed by atoms with Gasteiger partial charge in [-0.3, -0.25) is 9.89 Å². The zero-order valence-electron chi connectivity index (χ0n) is 10.4. The number of aromatic nitrogens is 1. The highest BCUT2D eigenvalue weighted by atomic mass is 35.5. The summed E-state index contributed by atoms with van der Waals surface area (Å²) < 4.78 is 0. The number of benzene rings is 1. The minimum absolute atomic E-state index is 0.372. The maximum Gasteiger partial charge on any atom is 0.196 e. The summed E-state index contributed by atoms with van der Waals surface area (Å²) in [5, 5.41) is 3.60. The molecule has 0 radical (unpaired) electrons. The van der Waals surface area contributed by atoms with Crippen LogP contribution in [0.15, 0.2) is 40.8 Å². The molecule has 1 unspecified atom stereocenters. The molecule has 4 nitrogen and oxygen atoms in total. The van der Waals surface area contributed by atoms with Crippen LogP contribution in [0.5, 0.6) is 0 Å². The predicted octanol–water partition coefficient (Wildman–Crippen LogP) is 2.85. The van der Waals surface area contributed by atoms with Gasteiger partial charge in [0.2, 0.25) is 0 Å². The lowest BCUT2D eigenvalue weighted by molar-refractivity contribution is 0.529. The Balaban J connectivity index is 2.12. The normalized spacial score (nSPS) is 22.6. The van der Waals surface area contributed by atoms with Crippen molar-refractivity contribution < 1.29 is 0 Å². The van der Waals surface area contributed by atoms with Crippen molar-refractivity contribution in [1.29, 1.82) is 0 Å². The Morgan fingerprint density at radius 3 is 2.89 bits per heavy atom. The van der Waals surface area contributed by atoms with E-state index in [9.17, 15) is 0 Å². The first kappa shape index (κ1) is 12.4. The highest BCUT2D eigenvalue weighted by molar-refractivity contribution is 7.09. The summed E-state index contributed by atoms with van der Waals surface area (Å²) >= 11 is 7.89. The summed E-state index contributed by atoms with van der Waals surface area (Å²) in [4.78, 5) is 10.8. The average Bonchev–Trinajstić information content (AvgIpc) is 3.01.